The van der Waals surface area contributed by atoms with Crippen LogP contribution in [0.4, 0.5) is 0 Å². The molecule has 0 amide bonds. The number of nitrogens with two attached hydrogens (primary N) is 1. The van der Waals surface area contributed by atoms with E-state index >= 15 is 0 Å². The number of hydrogen-bond donors (Lipinski definition) is 1. The first-order valence-electron chi connectivity index (χ1n) is 5.72. The lowest BCUT2D eigenvalue weighted by Crippen LogP contribution is -2.19. The Morgan fingerprint density at radius 1 is 1.39 bits per heavy atom. The molecule has 0 saturated carbocycles. The van der Waals surface area contributed by atoms with Gasteiger partial charge in [0.15, 0.2) is 5.82 Å². The average molecular weight is 389 g/mol. The van der Waals surface area contributed by atoms with E-state index in [4.69, 9.17) is 5.73 Å². The summed E-state index contributed by atoms with van der Waals surface area (Å²) >= 11 is 8.61. The monoisotopic (exact) mass is 387 g/mol. The predicted octanol–water partition coefficient (Wildman–Crippen LogP) is 4.07. The average Bonchev–Trinajstić information content (AvgIpc) is 2.70. The van der Waals surface area contributed by atoms with Gasteiger partial charge in [-0.1, -0.05) is 0 Å². The van der Waals surface area contributed by atoms with E-state index < -0.39 is 0 Å². The number of aromatic nitrogens is 2. The van der Waals surface area contributed by atoms with Crippen LogP contribution in [0.1, 0.15) is 30.1 Å². The smallest absolute Gasteiger partial charge is 0.169 e. The highest BCUT2D eigenvalue weighted by atomic mass is 79.9. The molecule has 1 unspecified atom stereocenters. The van der Waals surface area contributed by atoms with Crippen molar-refractivity contribution in [2.45, 2.75) is 25.3 Å². The van der Waals surface area contributed by atoms with E-state index in [0.29, 0.717) is 0 Å². The van der Waals surface area contributed by atoms with Gasteiger partial charge in [0, 0.05) is 28.0 Å². The summed E-state index contributed by atoms with van der Waals surface area (Å²) < 4.78 is 2.11. The maximum Gasteiger partial charge on any atom is 0.169 e. The molecule has 2 heterocycles. The highest BCUT2D eigenvalue weighted by Gasteiger charge is 2.20. The van der Waals surface area contributed by atoms with E-state index in [2.05, 4.69) is 41.8 Å². The zero-order chi connectivity index (χ0) is 12.7. The molecule has 6 heteroatoms. The Kier molecular flexibility index (Phi) is 3.53. The molecule has 94 valence electrons. The van der Waals surface area contributed by atoms with Gasteiger partial charge in [-0.2, -0.15) is 0 Å². The summed E-state index contributed by atoms with van der Waals surface area (Å²) in [6, 6.07) is 2.14. The number of thiophene rings is 1. The van der Waals surface area contributed by atoms with Crippen molar-refractivity contribution >= 4 is 43.2 Å². The van der Waals surface area contributed by atoms with Crippen LogP contribution >= 0.6 is 43.2 Å². The number of rotatable bonds is 1. The minimum absolute atomic E-state index is 0.101. The molecule has 2 N–H and O–H groups in total. The molecule has 0 saturated heterocycles. The Morgan fingerprint density at radius 2 is 2.22 bits per heavy atom. The van der Waals surface area contributed by atoms with Gasteiger partial charge in [0.1, 0.15) is 0 Å². The lowest BCUT2D eigenvalue weighted by atomic mass is 9.93. The molecule has 0 radical (unpaired) electrons. The predicted molar refractivity (Wildman–Crippen MR) is 80.6 cm³/mol. The van der Waals surface area contributed by atoms with Crippen molar-refractivity contribution in [2.24, 2.45) is 5.73 Å². The van der Waals surface area contributed by atoms with E-state index in [0.717, 1.165) is 49.5 Å². The van der Waals surface area contributed by atoms with Crippen molar-refractivity contribution in [2.75, 3.05) is 0 Å². The molecular formula is C12H11Br2N3S. The molecule has 0 bridgehead atoms. The first kappa shape index (κ1) is 12.7. The molecule has 0 spiro atoms. The third-order valence-electron chi connectivity index (χ3n) is 3.09. The molecule has 3 rings (SSSR count). The van der Waals surface area contributed by atoms with Crippen LogP contribution in [0.25, 0.3) is 10.7 Å². The molecule has 18 heavy (non-hydrogen) atoms. The maximum atomic E-state index is 6.07. The van der Waals surface area contributed by atoms with Crippen molar-refractivity contribution in [3.8, 4) is 10.7 Å². The molecule has 0 aliphatic heterocycles. The standard InChI is InChI=1S/C12H11Br2N3S/c13-7-4-10(18-11(7)14)12-16-5-6-8(15)2-1-3-9(6)17-12/h4-5,8H,1-3,15H2. The van der Waals surface area contributed by atoms with E-state index in [1.54, 1.807) is 11.3 Å². The van der Waals surface area contributed by atoms with Crippen molar-refractivity contribution in [1.82, 2.24) is 9.97 Å². The summed E-state index contributed by atoms with van der Waals surface area (Å²) in [7, 11) is 0. The Balaban J connectivity index is 2.04. The van der Waals surface area contributed by atoms with E-state index in [1.807, 2.05) is 12.3 Å². The van der Waals surface area contributed by atoms with E-state index in [9.17, 15) is 0 Å². The highest BCUT2D eigenvalue weighted by Crippen LogP contribution is 2.37. The number of nitrogens with zero attached hydrogens (tertiary/aromatic N) is 2. The maximum absolute atomic E-state index is 6.07. The highest BCUT2D eigenvalue weighted by molar-refractivity contribution is 9.13. The Morgan fingerprint density at radius 3 is 2.94 bits per heavy atom. The SMILES string of the molecule is NC1CCCc2nc(-c3cc(Br)c(Br)s3)ncc21. The molecule has 0 aromatic carbocycles. The molecule has 0 fully saturated rings. The summed E-state index contributed by atoms with van der Waals surface area (Å²) in [5.41, 5.74) is 8.29. The fourth-order valence-electron chi connectivity index (χ4n) is 2.16. The first-order chi connectivity index (χ1) is 8.65. The van der Waals surface area contributed by atoms with Crippen LogP contribution in [0.5, 0.6) is 0 Å². The van der Waals surface area contributed by atoms with Crippen LogP contribution in [-0.2, 0) is 6.42 Å². The molecule has 2 aromatic heterocycles. The number of fused-ring (bicyclic) bond motifs is 1. The van der Waals surface area contributed by atoms with Crippen molar-refractivity contribution < 1.29 is 0 Å². The molecule has 3 nitrogen and oxygen atoms in total. The summed E-state index contributed by atoms with van der Waals surface area (Å²) in [4.78, 5) is 10.2. The Bertz CT molecular complexity index is 578. The molecule has 2 aromatic rings. The number of halogens is 2. The lowest BCUT2D eigenvalue weighted by Gasteiger charge is -2.20. The fourth-order valence-corrected chi connectivity index (χ4v) is 4.13. The topological polar surface area (TPSA) is 51.8 Å². The van der Waals surface area contributed by atoms with Gasteiger partial charge < -0.3 is 5.73 Å². The summed E-state index contributed by atoms with van der Waals surface area (Å²) in [5, 5.41) is 0. The summed E-state index contributed by atoms with van der Waals surface area (Å²) in [5.74, 6) is 0.791. The van der Waals surface area contributed by atoms with Gasteiger partial charge in [-0.05, 0) is 57.2 Å². The van der Waals surface area contributed by atoms with Gasteiger partial charge in [0.2, 0.25) is 0 Å². The van der Waals surface area contributed by atoms with Crippen molar-refractivity contribution in [3.63, 3.8) is 0 Å². The molecule has 1 aliphatic rings. The van der Waals surface area contributed by atoms with Crippen LogP contribution in [0.3, 0.4) is 0 Å². The Labute approximate surface area is 126 Å². The Hall–Kier alpha value is -0.300. The lowest BCUT2D eigenvalue weighted by molar-refractivity contribution is 0.557. The quantitative estimate of drug-likeness (QED) is 0.801. The second-order valence-electron chi connectivity index (χ2n) is 4.33. The van der Waals surface area contributed by atoms with Crippen LogP contribution in [-0.4, -0.2) is 9.97 Å². The molecule has 1 aliphatic carbocycles. The van der Waals surface area contributed by atoms with Gasteiger partial charge >= 0.3 is 0 Å². The minimum Gasteiger partial charge on any atom is -0.324 e. The summed E-state index contributed by atoms with van der Waals surface area (Å²) in [6.45, 7) is 0. The van der Waals surface area contributed by atoms with Gasteiger partial charge in [-0.3, -0.25) is 0 Å². The first-order valence-corrected chi connectivity index (χ1v) is 8.12. The summed E-state index contributed by atoms with van der Waals surface area (Å²) in [6.07, 6.45) is 5.05. The second-order valence-corrected chi connectivity index (χ2v) is 7.55. The molecule has 1 atom stereocenters. The number of aryl methyl sites for hydroxylation is 1. The molecular weight excluding hydrogens is 378 g/mol. The fraction of sp³-hybridized carbons (Fsp3) is 0.333. The van der Waals surface area contributed by atoms with Gasteiger partial charge in [-0.15, -0.1) is 11.3 Å². The van der Waals surface area contributed by atoms with Crippen LogP contribution in [0.15, 0.2) is 20.5 Å². The van der Waals surface area contributed by atoms with Crippen molar-refractivity contribution in [1.29, 1.82) is 0 Å². The van der Waals surface area contributed by atoms with E-state index in [-0.39, 0.29) is 6.04 Å². The zero-order valence-corrected chi connectivity index (χ0v) is 13.5. The van der Waals surface area contributed by atoms with Gasteiger partial charge in [0.25, 0.3) is 0 Å². The normalized spacial score (nSPS) is 18.7. The van der Waals surface area contributed by atoms with Crippen LogP contribution in [0, 0.1) is 0 Å². The third-order valence-corrected chi connectivity index (χ3v) is 6.35. The van der Waals surface area contributed by atoms with Crippen LogP contribution < -0.4 is 5.73 Å². The minimum atomic E-state index is 0.101. The third kappa shape index (κ3) is 2.27. The van der Waals surface area contributed by atoms with Crippen LogP contribution in [0.2, 0.25) is 0 Å². The van der Waals surface area contributed by atoms with Crippen molar-refractivity contribution in [3.05, 3.63) is 31.8 Å². The largest absolute Gasteiger partial charge is 0.324 e. The number of hydrogen-bond acceptors (Lipinski definition) is 4. The van der Waals surface area contributed by atoms with Gasteiger partial charge in [-0.25, -0.2) is 9.97 Å². The zero-order valence-electron chi connectivity index (χ0n) is 9.49. The van der Waals surface area contributed by atoms with Gasteiger partial charge in [0.05, 0.1) is 8.66 Å². The second kappa shape index (κ2) is 5.00. The van der Waals surface area contributed by atoms with E-state index in [1.165, 1.54) is 0 Å².